The number of carbonyl (C=O) groups excluding carboxylic acids is 2. The number of benzene rings is 2. The second-order valence-electron chi connectivity index (χ2n) is 7.02. The Bertz CT molecular complexity index is 862. The minimum atomic E-state index is -0.588. The van der Waals surface area contributed by atoms with Gasteiger partial charge in [-0.25, -0.2) is 0 Å². The Morgan fingerprint density at radius 2 is 1.81 bits per heavy atom. The molecule has 0 N–H and O–H groups in total. The van der Waals surface area contributed by atoms with E-state index in [0.29, 0.717) is 24.9 Å². The zero-order chi connectivity index (χ0) is 18.3. The van der Waals surface area contributed by atoms with Gasteiger partial charge in [0.15, 0.2) is 0 Å². The summed E-state index contributed by atoms with van der Waals surface area (Å²) in [6, 6.07) is 15.3. The number of rotatable bonds is 4. The SMILES string of the molecule is COc1ccc(CCN2C(=O)c3ccccc3N3C(=O)CCC23C)cc1. The van der Waals surface area contributed by atoms with E-state index < -0.39 is 5.66 Å². The van der Waals surface area contributed by atoms with Crippen molar-refractivity contribution in [1.82, 2.24) is 4.90 Å². The van der Waals surface area contributed by atoms with Crippen LogP contribution in [0, 0.1) is 0 Å². The molecule has 0 aromatic heterocycles. The largest absolute Gasteiger partial charge is 0.497 e. The number of fused-ring (bicyclic) bond motifs is 3. The Morgan fingerprint density at radius 3 is 2.54 bits per heavy atom. The first kappa shape index (κ1) is 16.6. The molecule has 0 radical (unpaired) electrons. The molecule has 0 spiro atoms. The van der Waals surface area contributed by atoms with E-state index in [-0.39, 0.29) is 11.8 Å². The summed E-state index contributed by atoms with van der Waals surface area (Å²) in [7, 11) is 1.64. The Balaban J connectivity index is 1.64. The number of hydrogen-bond donors (Lipinski definition) is 0. The number of anilines is 1. The molecule has 5 nitrogen and oxygen atoms in total. The summed E-state index contributed by atoms with van der Waals surface area (Å²) in [4.78, 5) is 29.4. The third kappa shape index (κ3) is 2.46. The van der Waals surface area contributed by atoms with Crippen molar-refractivity contribution < 1.29 is 14.3 Å². The number of ether oxygens (including phenoxy) is 1. The lowest BCUT2D eigenvalue weighted by Crippen LogP contribution is -2.62. The first-order valence-corrected chi connectivity index (χ1v) is 8.91. The maximum atomic E-state index is 13.2. The molecule has 5 heteroatoms. The summed E-state index contributed by atoms with van der Waals surface area (Å²) in [5.74, 6) is 0.903. The molecule has 0 aliphatic carbocycles. The molecule has 1 saturated heterocycles. The highest BCUT2D eigenvalue weighted by atomic mass is 16.5. The minimum absolute atomic E-state index is 0.00237. The number of methoxy groups -OCH3 is 1. The predicted molar refractivity (Wildman–Crippen MR) is 99.3 cm³/mol. The summed E-state index contributed by atoms with van der Waals surface area (Å²) in [6.07, 6.45) is 1.86. The lowest BCUT2D eigenvalue weighted by molar-refractivity contribution is -0.117. The van der Waals surface area contributed by atoms with Crippen LogP contribution >= 0.6 is 0 Å². The van der Waals surface area contributed by atoms with Crippen molar-refractivity contribution in [2.75, 3.05) is 18.6 Å². The van der Waals surface area contributed by atoms with Gasteiger partial charge in [-0.2, -0.15) is 0 Å². The minimum Gasteiger partial charge on any atom is -0.497 e. The molecule has 1 atom stereocenters. The van der Waals surface area contributed by atoms with Gasteiger partial charge in [0.05, 0.1) is 18.4 Å². The quantitative estimate of drug-likeness (QED) is 0.851. The van der Waals surface area contributed by atoms with E-state index >= 15 is 0 Å². The van der Waals surface area contributed by atoms with E-state index in [2.05, 4.69) is 0 Å². The van der Waals surface area contributed by atoms with Gasteiger partial charge >= 0.3 is 0 Å². The Labute approximate surface area is 153 Å². The first-order chi connectivity index (χ1) is 12.5. The number of para-hydroxylation sites is 1. The van der Waals surface area contributed by atoms with E-state index in [4.69, 9.17) is 4.74 Å². The molecule has 2 aliphatic rings. The molecule has 0 bridgehead atoms. The first-order valence-electron chi connectivity index (χ1n) is 8.91. The number of hydrogen-bond acceptors (Lipinski definition) is 3. The fraction of sp³-hybridized carbons (Fsp3) is 0.333. The van der Waals surface area contributed by atoms with Gasteiger partial charge in [0.1, 0.15) is 11.4 Å². The Morgan fingerprint density at radius 1 is 1.08 bits per heavy atom. The van der Waals surface area contributed by atoms with Crippen LogP contribution in [0.4, 0.5) is 5.69 Å². The van der Waals surface area contributed by atoms with Gasteiger partial charge in [0.2, 0.25) is 5.91 Å². The number of carbonyl (C=O) groups is 2. The Hall–Kier alpha value is -2.82. The summed E-state index contributed by atoms with van der Waals surface area (Å²) in [6.45, 7) is 2.57. The van der Waals surface area contributed by atoms with Gasteiger partial charge in [0, 0.05) is 13.0 Å². The molecule has 2 heterocycles. The molecule has 134 valence electrons. The van der Waals surface area contributed by atoms with Gasteiger partial charge in [-0.3, -0.25) is 14.5 Å². The maximum absolute atomic E-state index is 13.2. The van der Waals surface area contributed by atoms with E-state index in [9.17, 15) is 9.59 Å². The van der Waals surface area contributed by atoms with Crippen molar-refractivity contribution in [3.63, 3.8) is 0 Å². The van der Waals surface area contributed by atoms with Crippen LogP contribution in [0.25, 0.3) is 0 Å². The molecule has 2 amide bonds. The van der Waals surface area contributed by atoms with Crippen LogP contribution in [-0.2, 0) is 11.2 Å². The molecule has 2 aromatic carbocycles. The summed E-state index contributed by atoms with van der Waals surface area (Å²) in [5, 5.41) is 0. The smallest absolute Gasteiger partial charge is 0.257 e. The van der Waals surface area contributed by atoms with Crippen molar-refractivity contribution in [2.24, 2.45) is 0 Å². The highest BCUT2D eigenvalue weighted by Crippen LogP contribution is 2.43. The van der Waals surface area contributed by atoms with Crippen molar-refractivity contribution in [3.05, 3.63) is 59.7 Å². The standard InChI is InChI=1S/C21H22N2O3/c1-21-13-11-19(24)23(21)18-6-4-3-5-17(18)20(25)22(21)14-12-15-7-9-16(26-2)10-8-15/h3-10H,11-14H2,1-2H3. The second kappa shape index (κ2) is 6.16. The second-order valence-corrected chi connectivity index (χ2v) is 7.02. The van der Waals surface area contributed by atoms with Gasteiger partial charge in [-0.1, -0.05) is 24.3 Å². The molecule has 4 rings (SSSR count). The van der Waals surface area contributed by atoms with Crippen molar-refractivity contribution in [2.45, 2.75) is 31.8 Å². The van der Waals surface area contributed by atoms with E-state index in [1.807, 2.05) is 65.3 Å². The van der Waals surface area contributed by atoms with E-state index in [1.165, 1.54) is 0 Å². The molecule has 2 aromatic rings. The highest BCUT2D eigenvalue weighted by molar-refractivity contribution is 6.10. The van der Waals surface area contributed by atoms with Crippen molar-refractivity contribution in [3.8, 4) is 5.75 Å². The summed E-state index contributed by atoms with van der Waals surface area (Å²) < 4.78 is 5.20. The van der Waals surface area contributed by atoms with Crippen LogP contribution in [0.2, 0.25) is 0 Å². The monoisotopic (exact) mass is 350 g/mol. The molecule has 1 unspecified atom stereocenters. The fourth-order valence-electron chi connectivity index (χ4n) is 4.07. The normalized spacial score (nSPS) is 21.6. The van der Waals surface area contributed by atoms with Crippen LogP contribution in [0.5, 0.6) is 5.75 Å². The average Bonchev–Trinajstić information content (AvgIpc) is 2.97. The third-order valence-electron chi connectivity index (χ3n) is 5.53. The third-order valence-corrected chi connectivity index (χ3v) is 5.53. The van der Waals surface area contributed by atoms with Crippen LogP contribution in [0.3, 0.4) is 0 Å². The maximum Gasteiger partial charge on any atom is 0.257 e. The molecule has 0 saturated carbocycles. The van der Waals surface area contributed by atoms with Crippen LogP contribution in [0.15, 0.2) is 48.5 Å². The zero-order valence-electron chi connectivity index (χ0n) is 15.1. The van der Waals surface area contributed by atoms with Crippen LogP contribution in [-0.4, -0.2) is 36.0 Å². The van der Waals surface area contributed by atoms with Gasteiger partial charge in [-0.05, 0) is 49.6 Å². The van der Waals surface area contributed by atoms with Gasteiger partial charge in [-0.15, -0.1) is 0 Å². The van der Waals surface area contributed by atoms with Crippen molar-refractivity contribution >= 4 is 17.5 Å². The number of nitrogens with zero attached hydrogens (tertiary/aromatic N) is 2. The molecular formula is C21H22N2O3. The van der Waals surface area contributed by atoms with E-state index in [0.717, 1.165) is 23.4 Å². The topological polar surface area (TPSA) is 49.9 Å². The summed E-state index contributed by atoms with van der Waals surface area (Å²) in [5.41, 5.74) is 1.89. The molecule has 1 fully saturated rings. The number of amides is 2. The summed E-state index contributed by atoms with van der Waals surface area (Å²) >= 11 is 0. The van der Waals surface area contributed by atoms with Crippen molar-refractivity contribution in [1.29, 1.82) is 0 Å². The molecule has 26 heavy (non-hydrogen) atoms. The van der Waals surface area contributed by atoms with Gasteiger partial charge in [0.25, 0.3) is 5.91 Å². The lowest BCUT2D eigenvalue weighted by atomic mass is 9.97. The lowest BCUT2D eigenvalue weighted by Gasteiger charge is -2.48. The molecule has 2 aliphatic heterocycles. The highest BCUT2D eigenvalue weighted by Gasteiger charge is 2.52. The average molecular weight is 350 g/mol. The predicted octanol–water partition coefficient (Wildman–Crippen LogP) is 3.24. The van der Waals surface area contributed by atoms with Gasteiger partial charge < -0.3 is 9.64 Å². The molecular weight excluding hydrogens is 328 g/mol. The van der Waals surface area contributed by atoms with E-state index in [1.54, 1.807) is 7.11 Å². The fourth-order valence-corrected chi connectivity index (χ4v) is 4.07. The zero-order valence-corrected chi connectivity index (χ0v) is 15.1. The Kier molecular flexibility index (Phi) is 3.94. The van der Waals surface area contributed by atoms with Crippen LogP contribution < -0.4 is 9.64 Å². The van der Waals surface area contributed by atoms with Crippen LogP contribution in [0.1, 0.15) is 35.7 Å².